The second-order valence-corrected chi connectivity index (χ2v) is 2.10. The van der Waals surface area contributed by atoms with E-state index in [2.05, 4.69) is 18.8 Å². The van der Waals surface area contributed by atoms with E-state index in [9.17, 15) is 0 Å². The van der Waals surface area contributed by atoms with Gasteiger partial charge in [0.05, 0.1) is 0 Å². The highest BCUT2D eigenvalue weighted by Gasteiger charge is 1.83. The van der Waals surface area contributed by atoms with Gasteiger partial charge in [0.2, 0.25) is 0 Å². The van der Waals surface area contributed by atoms with E-state index in [0.717, 1.165) is 13.0 Å². The predicted molar refractivity (Wildman–Crippen MR) is 42.5 cm³/mol. The molecule has 52 valence electrons. The zero-order valence-electron chi connectivity index (χ0n) is 6.28. The highest BCUT2D eigenvalue weighted by Crippen LogP contribution is 1.96. The van der Waals surface area contributed by atoms with Gasteiger partial charge < -0.3 is 5.32 Å². The lowest BCUT2D eigenvalue weighted by atomic mass is 10.2. The molecule has 1 heteroatoms. The van der Waals surface area contributed by atoms with Crippen molar-refractivity contribution in [1.29, 1.82) is 0 Å². The molecule has 0 aliphatic carbocycles. The van der Waals surface area contributed by atoms with Crippen LogP contribution < -0.4 is 5.32 Å². The van der Waals surface area contributed by atoms with E-state index in [1.807, 2.05) is 19.2 Å². The maximum Gasteiger partial charge on any atom is -0.00146 e. The third-order valence-electron chi connectivity index (χ3n) is 1.17. The van der Waals surface area contributed by atoms with Gasteiger partial charge >= 0.3 is 0 Å². The quantitative estimate of drug-likeness (QED) is 0.564. The molecule has 0 aromatic heterocycles. The van der Waals surface area contributed by atoms with E-state index >= 15 is 0 Å². The summed E-state index contributed by atoms with van der Waals surface area (Å²) in [6, 6.07) is 0. The molecule has 1 nitrogen and oxygen atoms in total. The van der Waals surface area contributed by atoms with Crippen molar-refractivity contribution in [3.05, 3.63) is 24.3 Å². The molecule has 0 saturated heterocycles. The number of hydrogen-bond donors (Lipinski definition) is 1. The Morgan fingerprint density at radius 1 is 1.67 bits per heavy atom. The summed E-state index contributed by atoms with van der Waals surface area (Å²) in [5.41, 5.74) is 1.37. The van der Waals surface area contributed by atoms with Crippen LogP contribution in [0.1, 0.15) is 13.3 Å². The Bertz CT molecular complexity index is 103. The maximum atomic E-state index is 3.61. The van der Waals surface area contributed by atoms with E-state index in [4.69, 9.17) is 0 Å². The van der Waals surface area contributed by atoms with Gasteiger partial charge in [-0.05, 0) is 26.9 Å². The number of nitrogens with one attached hydrogen (secondary N) is 1. The molecule has 0 radical (unpaired) electrons. The van der Waals surface area contributed by atoms with Gasteiger partial charge in [-0.15, -0.1) is 0 Å². The van der Waals surface area contributed by atoms with Gasteiger partial charge in [0, 0.05) is 0 Å². The van der Waals surface area contributed by atoms with Gasteiger partial charge in [0.15, 0.2) is 0 Å². The molecule has 0 unspecified atom stereocenters. The van der Waals surface area contributed by atoms with Crippen LogP contribution in [0.25, 0.3) is 0 Å². The van der Waals surface area contributed by atoms with E-state index in [-0.39, 0.29) is 0 Å². The van der Waals surface area contributed by atoms with E-state index in [1.54, 1.807) is 0 Å². The Balaban J connectivity index is 3.36. The average Bonchev–Trinajstić information content (AvgIpc) is 1.85. The summed E-state index contributed by atoms with van der Waals surface area (Å²) >= 11 is 0. The first kappa shape index (κ1) is 8.44. The van der Waals surface area contributed by atoms with Crippen molar-refractivity contribution in [2.75, 3.05) is 13.6 Å². The van der Waals surface area contributed by atoms with Crippen LogP contribution in [-0.2, 0) is 0 Å². The standard InChI is InChI=1S/C8H15N/c1-4-5-8(2)6-7-9-3/h4-5,9H,1,6-7H2,2-3H3. The molecule has 0 aliphatic heterocycles. The number of hydrogen-bond acceptors (Lipinski definition) is 1. The van der Waals surface area contributed by atoms with Gasteiger partial charge in [-0.1, -0.05) is 24.3 Å². The molecule has 0 spiro atoms. The molecule has 1 N–H and O–H groups in total. The summed E-state index contributed by atoms with van der Waals surface area (Å²) in [4.78, 5) is 0. The first-order valence-electron chi connectivity index (χ1n) is 3.24. The summed E-state index contributed by atoms with van der Waals surface area (Å²) in [7, 11) is 1.96. The fraction of sp³-hybridized carbons (Fsp3) is 0.500. The molecule has 0 aromatic rings. The molecule has 9 heavy (non-hydrogen) atoms. The normalized spacial score (nSPS) is 11.6. The minimum Gasteiger partial charge on any atom is -0.319 e. The van der Waals surface area contributed by atoms with Crippen LogP contribution in [0.5, 0.6) is 0 Å². The van der Waals surface area contributed by atoms with Crippen LogP contribution >= 0.6 is 0 Å². The second-order valence-electron chi connectivity index (χ2n) is 2.10. The monoisotopic (exact) mass is 125 g/mol. The van der Waals surface area contributed by atoms with Crippen molar-refractivity contribution in [3.8, 4) is 0 Å². The summed E-state index contributed by atoms with van der Waals surface area (Å²) in [6.07, 6.45) is 4.98. The molecule has 0 aromatic carbocycles. The largest absolute Gasteiger partial charge is 0.319 e. The zero-order valence-corrected chi connectivity index (χ0v) is 6.28. The van der Waals surface area contributed by atoms with Crippen molar-refractivity contribution in [3.63, 3.8) is 0 Å². The van der Waals surface area contributed by atoms with Gasteiger partial charge in [0.1, 0.15) is 0 Å². The van der Waals surface area contributed by atoms with E-state index in [0.29, 0.717) is 0 Å². The van der Waals surface area contributed by atoms with Crippen LogP contribution in [-0.4, -0.2) is 13.6 Å². The van der Waals surface area contributed by atoms with Crippen molar-refractivity contribution in [1.82, 2.24) is 5.32 Å². The zero-order chi connectivity index (χ0) is 7.11. The van der Waals surface area contributed by atoms with Crippen molar-refractivity contribution in [2.45, 2.75) is 13.3 Å². The molecule has 0 heterocycles. The molecule has 0 rings (SSSR count). The molecule has 0 bridgehead atoms. The van der Waals surface area contributed by atoms with E-state index in [1.165, 1.54) is 5.57 Å². The van der Waals surface area contributed by atoms with Crippen LogP contribution in [0.15, 0.2) is 24.3 Å². The highest BCUT2D eigenvalue weighted by atomic mass is 14.8. The van der Waals surface area contributed by atoms with Crippen molar-refractivity contribution in [2.24, 2.45) is 0 Å². The topological polar surface area (TPSA) is 12.0 Å². The first-order chi connectivity index (χ1) is 4.31. The fourth-order valence-electron chi connectivity index (χ4n) is 0.607. The van der Waals surface area contributed by atoms with Crippen molar-refractivity contribution >= 4 is 0 Å². The molecule has 0 aliphatic rings. The second kappa shape index (κ2) is 5.57. The van der Waals surface area contributed by atoms with Gasteiger partial charge in [0.25, 0.3) is 0 Å². The van der Waals surface area contributed by atoms with Gasteiger partial charge in [-0.25, -0.2) is 0 Å². The molecular formula is C8H15N. The Kier molecular flexibility index (Phi) is 5.23. The highest BCUT2D eigenvalue weighted by molar-refractivity contribution is 5.07. The van der Waals surface area contributed by atoms with Crippen molar-refractivity contribution < 1.29 is 0 Å². The van der Waals surface area contributed by atoms with Crippen LogP contribution in [0.3, 0.4) is 0 Å². The SMILES string of the molecule is C=CC=C(C)CCNC. The van der Waals surface area contributed by atoms with Gasteiger partial charge in [-0.3, -0.25) is 0 Å². The molecule has 0 saturated carbocycles. The smallest absolute Gasteiger partial charge is 0.00146 e. The van der Waals surface area contributed by atoms with Crippen LogP contribution in [0.4, 0.5) is 0 Å². The molecule has 0 fully saturated rings. The summed E-state index contributed by atoms with van der Waals surface area (Å²) in [5.74, 6) is 0. The summed E-state index contributed by atoms with van der Waals surface area (Å²) < 4.78 is 0. The average molecular weight is 125 g/mol. The lowest BCUT2D eigenvalue weighted by Gasteiger charge is -1.96. The lowest BCUT2D eigenvalue weighted by molar-refractivity contribution is 0.785. The minimum atomic E-state index is 1.05. The predicted octanol–water partition coefficient (Wildman–Crippen LogP) is 1.73. The molecular weight excluding hydrogens is 110 g/mol. The molecule has 0 atom stereocenters. The first-order valence-corrected chi connectivity index (χ1v) is 3.24. The summed E-state index contributed by atoms with van der Waals surface area (Å²) in [5, 5.41) is 3.08. The Hall–Kier alpha value is -0.560. The number of rotatable bonds is 4. The minimum absolute atomic E-state index is 1.05. The number of allylic oxidation sites excluding steroid dienone is 2. The summed E-state index contributed by atoms with van der Waals surface area (Å²) in [6.45, 7) is 6.77. The van der Waals surface area contributed by atoms with Crippen LogP contribution in [0, 0.1) is 0 Å². The Morgan fingerprint density at radius 3 is 2.78 bits per heavy atom. The Morgan fingerprint density at radius 2 is 2.33 bits per heavy atom. The third-order valence-corrected chi connectivity index (χ3v) is 1.17. The molecule has 0 amide bonds. The maximum absolute atomic E-state index is 3.61. The Labute approximate surface area is 57.5 Å². The van der Waals surface area contributed by atoms with Crippen LogP contribution in [0.2, 0.25) is 0 Å². The fourth-order valence-corrected chi connectivity index (χ4v) is 0.607. The lowest BCUT2D eigenvalue weighted by Crippen LogP contribution is -2.07. The van der Waals surface area contributed by atoms with Gasteiger partial charge in [-0.2, -0.15) is 0 Å². The van der Waals surface area contributed by atoms with E-state index < -0.39 is 0 Å². The third kappa shape index (κ3) is 5.31.